The number of hydrogen-bond donors (Lipinski definition) is 4. The third kappa shape index (κ3) is 11.2. The molecule has 0 aromatic carbocycles. The van der Waals surface area contributed by atoms with Gasteiger partial charge in [0.15, 0.2) is 0 Å². The fraction of sp³-hybridized carbons (Fsp3) is 0.625. The summed E-state index contributed by atoms with van der Waals surface area (Å²) in [4.78, 5) is 62.1. The minimum Gasteiger partial charge on any atom is -0.456 e. The van der Waals surface area contributed by atoms with Crippen LogP contribution in [0.1, 0.15) is 47.5 Å². The monoisotopic (exact) mass is 542 g/mol. The number of aldehydes is 1. The first-order valence-electron chi connectivity index (χ1n) is 11.9. The smallest absolute Gasteiger partial charge is 0.329 e. The Kier molecular flexibility index (Phi) is 14.5. The van der Waals surface area contributed by atoms with Crippen LogP contribution in [0.5, 0.6) is 0 Å². The number of amides is 3. The van der Waals surface area contributed by atoms with Gasteiger partial charge in [-0.05, 0) is 31.3 Å². The van der Waals surface area contributed by atoms with E-state index in [1.807, 2.05) is 19.9 Å². The molecule has 0 spiro atoms. The van der Waals surface area contributed by atoms with Gasteiger partial charge in [-0.15, -0.1) is 0 Å². The molecule has 3 amide bonds. The molecule has 0 fully saturated rings. The number of ether oxygens (including phenoxy) is 1. The van der Waals surface area contributed by atoms with E-state index in [2.05, 4.69) is 16.0 Å². The Balaban J connectivity index is 3.13. The minimum absolute atomic E-state index is 0.0275. The van der Waals surface area contributed by atoms with Gasteiger partial charge in [0.1, 0.15) is 24.1 Å². The fourth-order valence-corrected chi connectivity index (χ4v) is 5.09. The molecule has 1 aliphatic rings. The maximum Gasteiger partial charge on any atom is 0.329 e. The molecule has 0 bridgehead atoms. The first-order chi connectivity index (χ1) is 17.0. The van der Waals surface area contributed by atoms with Crippen molar-refractivity contribution in [3.05, 3.63) is 23.9 Å². The van der Waals surface area contributed by atoms with Gasteiger partial charge in [-0.25, -0.2) is 4.79 Å². The summed E-state index contributed by atoms with van der Waals surface area (Å²) in [6.45, 7) is 8.69. The Hall–Kier alpha value is -2.31. The van der Waals surface area contributed by atoms with Crippen molar-refractivity contribution in [3.63, 3.8) is 0 Å². The average Bonchev–Trinajstić information content (AvgIpc) is 2.81. The number of carbonyl (C=O) groups excluding carboxylic acids is 5. The number of nitrogens with two attached hydrogens (primary N) is 1. The summed E-state index contributed by atoms with van der Waals surface area (Å²) in [5.41, 5.74) is 5.92. The Morgan fingerprint density at radius 3 is 2.53 bits per heavy atom. The molecule has 0 saturated carbocycles. The molecule has 12 heteroatoms. The summed E-state index contributed by atoms with van der Waals surface area (Å²) < 4.78 is 5.62. The standard InChI is InChI=1S/C24H38N4O6S2/c1-6-18-23(32)28-21(15(4)5)24(33)34-16(11-20(30)26-19(12-29)14(2)3)9-7-8-10-35-36-13-17(25)22(31)27-18/h6-7,9,12,14-17,19,21H,8,10-11,13,25H2,1-5H3,(H,26,30)(H,27,31)(H,28,32)/b9-7+,18-6-/t16-,17-,19+,21+/m1/s1. The molecule has 36 heavy (non-hydrogen) atoms. The third-order valence-corrected chi connectivity index (χ3v) is 7.70. The molecule has 0 aliphatic carbocycles. The van der Waals surface area contributed by atoms with Crippen molar-refractivity contribution in [1.82, 2.24) is 16.0 Å². The molecular weight excluding hydrogens is 504 g/mol. The number of esters is 1. The summed E-state index contributed by atoms with van der Waals surface area (Å²) >= 11 is 0. The number of nitrogens with one attached hydrogen (secondary N) is 3. The number of cyclic esters (lactones) is 1. The van der Waals surface area contributed by atoms with Crippen LogP contribution in [0.4, 0.5) is 0 Å². The van der Waals surface area contributed by atoms with Crippen LogP contribution in [0.2, 0.25) is 0 Å². The fourth-order valence-electron chi connectivity index (χ4n) is 2.98. The molecule has 0 aromatic heterocycles. The van der Waals surface area contributed by atoms with E-state index < -0.39 is 47.9 Å². The maximum absolute atomic E-state index is 13.0. The van der Waals surface area contributed by atoms with Gasteiger partial charge in [0.25, 0.3) is 5.91 Å². The second-order valence-electron chi connectivity index (χ2n) is 8.97. The highest BCUT2D eigenvalue weighted by Gasteiger charge is 2.30. The Bertz CT molecular complexity index is 846. The van der Waals surface area contributed by atoms with E-state index >= 15 is 0 Å². The van der Waals surface area contributed by atoms with E-state index in [0.29, 0.717) is 24.2 Å². The number of hydrogen-bond acceptors (Lipinski definition) is 9. The zero-order valence-electron chi connectivity index (χ0n) is 21.4. The van der Waals surface area contributed by atoms with Crippen molar-refractivity contribution >= 4 is 51.6 Å². The molecule has 1 heterocycles. The first kappa shape index (κ1) is 31.7. The second kappa shape index (κ2) is 16.4. The number of allylic oxidation sites excluding steroid dienone is 2. The van der Waals surface area contributed by atoms with E-state index in [-0.39, 0.29) is 24.0 Å². The highest BCUT2D eigenvalue weighted by molar-refractivity contribution is 8.76. The van der Waals surface area contributed by atoms with E-state index in [1.165, 1.54) is 27.7 Å². The summed E-state index contributed by atoms with van der Waals surface area (Å²) in [5.74, 6) is -1.68. The lowest BCUT2D eigenvalue weighted by molar-refractivity contribution is -0.153. The summed E-state index contributed by atoms with van der Waals surface area (Å²) in [6, 6.07) is -2.49. The first-order valence-corrected chi connectivity index (χ1v) is 14.4. The predicted molar refractivity (Wildman–Crippen MR) is 143 cm³/mol. The molecule has 0 radical (unpaired) electrons. The lowest BCUT2D eigenvalue weighted by Gasteiger charge is -2.24. The molecule has 0 aromatic rings. The van der Waals surface area contributed by atoms with Crippen LogP contribution in [0.3, 0.4) is 0 Å². The van der Waals surface area contributed by atoms with Crippen LogP contribution < -0.4 is 21.7 Å². The summed E-state index contributed by atoms with van der Waals surface area (Å²) in [7, 11) is 2.96. The molecule has 1 rings (SSSR count). The van der Waals surface area contributed by atoms with Crippen molar-refractivity contribution in [2.45, 2.75) is 71.7 Å². The molecule has 10 nitrogen and oxygen atoms in total. The number of carbonyl (C=O) groups is 5. The summed E-state index contributed by atoms with van der Waals surface area (Å²) in [5, 5.41) is 7.78. The van der Waals surface area contributed by atoms with E-state index in [9.17, 15) is 24.0 Å². The van der Waals surface area contributed by atoms with Gasteiger partial charge >= 0.3 is 5.97 Å². The SMILES string of the molecule is C/C=C1\NC(=O)[C@H](N)CSSCC/C=C/[C@H](CC(=O)N[C@@H](C=O)C(C)C)OC(=O)[C@H](C(C)C)NC1=O. The van der Waals surface area contributed by atoms with Gasteiger partial charge in [-0.2, -0.15) is 0 Å². The zero-order valence-corrected chi connectivity index (χ0v) is 23.1. The Morgan fingerprint density at radius 2 is 1.94 bits per heavy atom. The average molecular weight is 543 g/mol. The lowest BCUT2D eigenvalue weighted by atomic mass is 10.0. The topological polar surface area (TPSA) is 157 Å². The molecule has 202 valence electrons. The van der Waals surface area contributed by atoms with Crippen LogP contribution in [0.15, 0.2) is 23.9 Å². The van der Waals surface area contributed by atoms with Crippen LogP contribution in [-0.2, 0) is 28.7 Å². The minimum atomic E-state index is -1.03. The summed E-state index contributed by atoms with van der Waals surface area (Å²) in [6.07, 6.45) is 5.11. The normalized spacial score (nSPS) is 25.9. The van der Waals surface area contributed by atoms with Gasteiger partial charge in [-0.1, -0.05) is 61.4 Å². The van der Waals surface area contributed by atoms with Crippen LogP contribution in [-0.4, -0.2) is 65.7 Å². The number of rotatable bonds is 6. The van der Waals surface area contributed by atoms with Gasteiger partial charge in [0, 0.05) is 11.5 Å². The van der Waals surface area contributed by atoms with Crippen molar-refractivity contribution in [2.75, 3.05) is 11.5 Å². The molecule has 4 atom stereocenters. The van der Waals surface area contributed by atoms with Crippen molar-refractivity contribution in [2.24, 2.45) is 17.6 Å². The van der Waals surface area contributed by atoms with Crippen molar-refractivity contribution in [3.8, 4) is 0 Å². The Morgan fingerprint density at radius 1 is 1.25 bits per heavy atom. The molecule has 0 saturated heterocycles. The highest BCUT2D eigenvalue weighted by Crippen LogP contribution is 2.23. The molecule has 1 aliphatic heterocycles. The van der Waals surface area contributed by atoms with Gasteiger partial charge in [0.05, 0.1) is 18.5 Å². The van der Waals surface area contributed by atoms with Crippen LogP contribution in [0, 0.1) is 11.8 Å². The second-order valence-corrected chi connectivity index (χ2v) is 11.6. The van der Waals surface area contributed by atoms with Crippen molar-refractivity contribution < 1.29 is 28.7 Å². The van der Waals surface area contributed by atoms with E-state index in [0.717, 1.165) is 0 Å². The van der Waals surface area contributed by atoms with Crippen LogP contribution >= 0.6 is 21.6 Å². The molecule has 5 N–H and O–H groups in total. The van der Waals surface area contributed by atoms with Gasteiger partial charge < -0.3 is 31.2 Å². The van der Waals surface area contributed by atoms with E-state index in [1.54, 1.807) is 26.8 Å². The van der Waals surface area contributed by atoms with Crippen LogP contribution in [0.25, 0.3) is 0 Å². The lowest BCUT2D eigenvalue weighted by Crippen LogP contribution is -2.50. The quantitative estimate of drug-likeness (QED) is 0.128. The van der Waals surface area contributed by atoms with E-state index in [4.69, 9.17) is 10.5 Å². The van der Waals surface area contributed by atoms with Gasteiger partial charge in [0.2, 0.25) is 11.8 Å². The van der Waals surface area contributed by atoms with Gasteiger partial charge in [-0.3, -0.25) is 14.4 Å². The maximum atomic E-state index is 13.0. The largest absolute Gasteiger partial charge is 0.456 e. The third-order valence-electron chi connectivity index (χ3n) is 5.23. The highest BCUT2D eigenvalue weighted by atomic mass is 33.1. The van der Waals surface area contributed by atoms with Crippen molar-refractivity contribution in [1.29, 1.82) is 0 Å². The zero-order chi connectivity index (χ0) is 27.3. The predicted octanol–water partition coefficient (Wildman–Crippen LogP) is 1.46. The molecule has 0 unspecified atom stereocenters. The Labute approximate surface area is 220 Å². The molecular formula is C24H38N4O6S2.